The largest absolute Gasteiger partial charge is 0.314 e. The molecule has 0 aliphatic rings. The lowest BCUT2D eigenvalue weighted by Crippen LogP contribution is -2.28. The average Bonchev–Trinajstić information content (AvgIpc) is 2.63. The fourth-order valence-electron chi connectivity index (χ4n) is 1.71. The highest BCUT2D eigenvalue weighted by molar-refractivity contribution is 14.1. The van der Waals surface area contributed by atoms with Gasteiger partial charge in [0.05, 0.1) is 15.8 Å². The lowest BCUT2D eigenvalue weighted by molar-refractivity contribution is 0.385. The Labute approximate surface area is 112 Å². The van der Waals surface area contributed by atoms with Gasteiger partial charge in [-0.2, -0.15) is 5.10 Å². The molecule has 1 N–H and O–H groups in total. The van der Waals surface area contributed by atoms with Crippen molar-refractivity contribution in [3.8, 4) is 0 Å². The molecule has 0 aliphatic carbocycles. The van der Waals surface area contributed by atoms with Crippen LogP contribution in [0.4, 0.5) is 0 Å². The third kappa shape index (κ3) is 4.82. The van der Waals surface area contributed by atoms with E-state index in [0.29, 0.717) is 12.0 Å². The summed E-state index contributed by atoms with van der Waals surface area (Å²) < 4.78 is 3.31. The molecule has 0 radical (unpaired) electrons. The summed E-state index contributed by atoms with van der Waals surface area (Å²) in [5.74, 6) is 0.708. The number of nitrogens with zero attached hydrogens (tertiary/aromatic N) is 2. The normalized spacial score (nSPS) is 13.3. The van der Waals surface area contributed by atoms with Crippen LogP contribution in [0.1, 0.15) is 39.7 Å². The van der Waals surface area contributed by atoms with Gasteiger partial charge in [-0.1, -0.05) is 27.2 Å². The lowest BCUT2D eigenvalue weighted by atomic mass is 10.1. The molecule has 16 heavy (non-hydrogen) atoms. The second kappa shape index (κ2) is 7.27. The predicted octanol–water partition coefficient (Wildman–Crippen LogP) is 3.07. The van der Waals surface area contributed by atoms with E-state index in [2.05, 4.69) is 64.7 Å². The van der Waals surface area contributed by atoms with E-state index in [1.165, 1.54) is 16.4 Å². The molecule has 1 heterocycles. The molecule has 4 heteroatoms. The van der Waals surface area contributed by atoms with Crippen molar-refractivity contribution < 1.29 is 0 Å². The van der Waals surface area contributed by atoms with E-state index in [1.807, 2.05) is 6.20 Å². The van der Waals surface area contributed by atoms with Crippen molar-refractivity contribution in [1.82, 2.24) is 15.1 Å². The molecule has 0 aromatic carbocycles. The van der Waals surface area contributed by atoms with Gasteiger partial charge in [0.15, 0.2) is 0 Å². The van der Waals surface area contributed by atoms with E-state index in [9.17, 15) is 0 Å². The second-order valence-electron chi connectivity index (χ2n) is 4.63. The summed E-state index contributed by atoms with van der Waals surface area (Å²) in [6, 6.07) is 0.493. The van der Waals surface area contributed by atoms with Crippen molar-refractivity contribution >= 4 is 22.6 Å². The van der Waals surface area contributed by atoms with Crippen LogP contribution in [0.25, 0.3) is 0 Å². The van der Waals surface area contributed by atoms with E-state index >= 15 is 0 Å². The zero-order valence-electron chi connectivity index (χ0n) is 10.4. The lowest BCUT2D eigenvalue weighted by Gasteiger charge is -2.18. The van der Waals surface area contributed by atoms with Crippen LogP contribution in [0, 0.1) is 9.49 Å². The summed E-state index contributed by atoms with van der Waals surface area (Å²) in [5.41, 5.74) is 0. The minimum Gasteiger partial charge on any atom is -0.314 e. The summed E-state index contributed by atoms with van der Waals surface area (Å²) >= 11 is 2.31. The number of halogens is 1. The summed E-state index contributed by atoms with van der Waals surface area (Å²) in [6.07, 6.45) is 6.43. The van der Waals surface area contributed by atoms with Gasteiger partial charge < -0.3 is 5.32 Å². The van der Waals surface area contributed by atoms with Crippen molar-refractivity contribution in [3.05, 3.63) is 16.0 Å². The fourth-order valence-corrected chi connectivity index (χ4v) is 2.12. The van der Waals surface area contributed by atoms with E-state index in [4.69, 9.17) is 0 Å². The minimum absolute atomic E-state index is 0.493. The van der Waals surface area contributed by atoms with Gasteiger partial charge in [0.2, 0.25) is 0 Å². The topological polar surface area (TPSA) is 29.9 Å². The Bertz CT molecular complexity index is 296. The average molecular weight is 335 g/mol. The minimum atomic E-state index is 0.493. The summed E-state index contributed by atoms with van der Waals surface area (Å²) in [5, 5.41) is 7.92. The van der Waals surface area contributed by atoms with Crippen molar-refractivity contribution in [1.29, 1.82) is 0 Å². The first-order valence-corrected chi connectivity index (χ1v) is 7.11. The Balaban J connectivity index is 2.47. The molecule has 1 unspecified atom stereocenters. The molecule has 0 spiro atoms. The molecule has 0 fully saturated rings. The van der Waals surface area contributed by atoms with Crippen molar-refractivity contribution in [2.45, 2.75) is 39.7 Å². The van der Waals surface area contributed by atoms with Gasteiger partial charge in [0.25, 0.3) is 0 Å². The number of nitrogens with one attached hydrogen (secondary N) is 1. The molecule has 1 atom stereocenters. The molecule has 1 rings (SSSR count). The van der Waals surface area contributed by atoms with Crippen LogP contribution in [0.3, 0.4) is 0 Å². The van der Waals surface area contributed by atoms with Crippen LogP contribution in [0.15, 0.2) is 12.4 Å². The monoisotopic (exact) mass is 335 g/mol. The first-order valence-electron chi connectivity index (χ1n) is 6.03. The molecule has 92 valence electrons. The molecule has 0 saturated carbocycles. The predicted molar refractivity (Wildman–Crippen MR) is 76.6 cm³/mol. The SMILES string of the molecule is CCCC(CNCC(C)C)n1cc(I)cn1. The summed E-state index contributed by atoms with van der Waals surface area (Å²) in [7, 11) is 0. The molecular weight excluding hydrogens is 313 g/mol. The highest BCUT2D eigenvalue weighted by Gasteiger charge is 2.10. The first-order chi connectivity index (χ1) is 7.63. The zero-order valence-corrected chi connectivity index (χ0v) is 12.6. The van der Waals surface area contributed by atoms with E-state index in [0.717, 1.165) is 13.1 Å². The maximum absolute atomic E-state index is 4.40. The van der Waals surface area contributed by atoms with Gasteiger partial charge in [-0.05, 0) is 41.5 Å². The van der Waals surface area contributed by atoms with Gasteiger partial charge in [-0.15, -0.1) is 0 Å². The molecule has 0 aliphatic heterocycles. The third-order valence-electron chi connectivity index (χ3n) is 2.50. The maximum atomic E-state index is 4.40. The second-order valence-corrected chi connectivity index (χ2v) is 5.88. The maximum Gasteiger partial charge on any atom is 0.0643 e. The fraction of sp³-hybridized carbons (Fsp3) is 0.750. The van der Waals surface area contributed by atoms with Crippen LogP contribution in [0.2, 0.25) is 0 Å². The highest BCUT2D eigenvalue weighted by Crippen LogP contribution is 2.14. The van der Waals surface area contributed by atoms with Crippen molar-refractivity contribution in [3.63, 3.8) is 0 Å². The number of aromatic nitrogens is 2. The summed E-state index contributed by atoms with van der Waals surface area (Å²) in [6.45, 7) is 8.80. The molecule has 0 saturated heterocycles. The third-order valence-corrected chi connectivity index (χ3v) is 3.06. The van der Waals surface area contributed by atoms with Gasteiger partial charge in [-0.25, -0.2) is 0 Å². The van der Waals surface area contributed by atoms with Gasteiger partial charge in [0.1, 0.15) is 0 Å². The van der Waals surface area contributed by atoms with Crippen molar-refractivity contribution in [2.24, 2.45) is 5.92 Å². The summed E-state index contributed by atoms with van der Waals surface area (Å²) in [4.78, 5) is 0. The quantitative estimate of drug-likeness (QED) is 0.776. The molecule has 1 aromatic heterocycles. The Morgan fingerprint density at radius 3 is 2.69 bits per heavy atom. The van der Waals surface area contributed by atoms with Crippen molar-refractivity contribution in [2.75, 3.05) is 13.1 Å². The van der Waals surface area contributed by atoms with Crippen LogP contribution in [0.5, 0.6) is 0 Å². The molecule has 1 aromatic rings. The van der Waals surface area contributed by atoms with E-state index in [-0.39, 0.29) is 0 Å². The standard InChI is InChI=1S/C12H22IN3/c1-4-5-12(8-14-6-10(2)3)16-9-11(13)7-15-16/h7,9-10,12,14H,4-6,8H2,1-3H3. The van der Waals surface area contributed by atoms with Gasteiger partial charge in [0, 0.05) is 12.7 Å². The zero-order chi connectivity index (χ0) is 12.0. The molecule has 0 amide bonds. The van der Waals surface area contributed by atoms with Crippen LogP contribution in [-0.2, 0) is 0 Å². The Kier molecular flexibility index (Phi) is 6.34. The number of hydrogen-bond donors (Lipinski definition) is 1. The number of rotatable bonds is 7. The Morgan fingerprint density at radius 2 is 2.19 bits per heavy atom. The highest BCUT2D eigenvalue weighted by atomic mass is 127. The smallest absolute Gasteiger partial charge is 0.0643 e. The molecule has 0 bridgehead atoms. The van der Waals surface area contributed by atoms with Crippen LogP contribution in [-0.4, -0.2) is 22.9 Å². The molecule has 3 nitrogen and oxygen atoms in total. The van der Waals surface area contributed by atoms with Crippen LogP contribution >= 0.6 is 22.6 Å². The van der Waals surface area contributed by atoms with Crippen LogP contribution < -0.4 is 5.32 Å². The first kappa shape index (κ1) is 14.0. The molecular formula is C12H22IN3. The number of hydrogen-bond acceptors (Lipinski definition) is 2. The van der Waals surface area contributed by atoms with E-state index in [1.54, 1.807) is 0 Å². The van der Waals surface area contributed by atoms with Gasteiger partial charge >= 0.3 is 0 Å². The van der Waals surface area contributed by atoms with Gasteiger partial charge in [-0.3, -0.25) is 4.68 Å². The Hall–Kier alpha value is -0.100. The van der Waals surface area contributed by atoms with E-state index < -0.39 is 0 Å². The Morgan fingerprint density at radius 1 is 1.44 bits per heavy atom.